The van der Waals surface area contributed by atoms with Crippen LogP contribution >= 0.6 is 11.3 Å². The molecule has 0 saturated heterocycles. The Labute approximate surface area is 91.8 Å². The lowest BCUT2D eigenvalue weighted by Gasteiger charge is -1.97. The van der Waals surface area contributed by atoms with E-state index in [1.165, 1.54) is 11.3 Å². The van der Waals surface area contributed by atoms with E-state index in [0.717, 1.165) is 10.6 Å². The Morgan fingerprint density at radius 3 is 2.73 bits per heavy atom. The Bertz CT molecular complexity index is 505. The molecule has 0 aliphatic heterocycles. The van der Waals surface area contributed by atoms with Crippen molar-refractivity contribution in [3.8, 4) is 0 Å². The van der Waals surface area contributed by atoms with Crippen LogP contribution in [0.15, 0.2) is 23.7 Å². The van der Waals surface area contributed by atoms with Crippen LogP contribution in [0.4, 0.5) is 0 Å². The molecule has 76 valence electrons. The van der Waals surface area contributed by atoms with Crippen molar-refractivity contribution in [1.29, 1.82) is 0 Å². The standard InChI is InChI=1S/C11H10N2OS/c1-7-3-4-12-9(5-7)11(14)10-6-15-8(2)13-10/h3-6H,1-2H3. The molecule has 15 heavy (non-hydrogen) atoms. The molecule has 0 fully saturated rings. The molecule has 2 aromatic rings. The molecule has 2 aromatic heterocycles. The Morgan fingerprint density at radius 1 is 1.33 bits per heavy atom. The van der Waals surface area contributed by atoms with Crippen LogP contribution < -0.4 is 0 Å². The SMILES string of the molecule is Cc1ccnc(C(=O)c2csc(C)n2)c1. The highest BCUT2D eigenvalue weighted by Crippen LogP contribution is 2.12. The fraction of sp³-hybridized carbons (Fsp3) is 0.182. The van der Waals surface area contributed by atoms with Crippen LogP contribution in [0, 0.1) is 13.8 Å². The van der Waals surface area contributed by atoms with Gasteiger partial charge in [0.25, 0.3) is 0 Å². The molecule has 0 aromatic carbocycles. The summed E-state index contributed by atoms with van der Waals surface area (Å²) in [6.07, 6.45) is 1.64. The summed E-state index contributed by atoms with van der Waals surface area (Å²) in [5.74, 6) is -0.108. The fourth-order valence-corrected chi connectivity index (χ4v) is 1.85. The normalized spacial score (nSPS) is 10.3. The highest BCUT2D eigenvalue weighted by molar-refractivity contribution is 7.09. The maximum absolute atomic E-state index is 11.9. The minimum absolute atomic E-state index is 0.108. The van der Waals surface area contributed by atoms with Gasteiger partial charge in [0.15, 0.2) is 0 Å². The molecule has 0 spiro atoms. The highest BCUT2D eigenvalue weighted by Gasteiger charge is 2.13. The number of rotatable bonds is 2. The summed E-state index contributed by atoms with van der Waals surface area (Å²) in [7, 11) is 0. The van der Waals surface area contributed by atoms with Gasteiger partial charge in [0, 0.05) is 11.6 Å². The molecule has 0 aliphatic carbocycles. The van der Waals surface area contributed by atoms with E-state index >= 15 is 0 Å². The molecule has 4 heteroatoms. The number of hydrogen-bond acceptors (Lipinski definition) is 4. The first-order chi connectivity index (χ1) is 7.16. The maximum atomic E-state index is 11.9. The number of thiazole rings is 1. The summed E-state index contributed by atoms with van der Waals surface area (Å²) >= 11 is 1.47. The monoisotopic (exact) mass is 218 g/mol. The van der Waals surface area contributed by atoms with Gasteiger partial charge >= 0.3 is 0 Å². The van der Waals surface area contributed by atoms with E-state index in [4.69, 9.17) is 0 Å². The molecule has 3 nitrogen and oxygen atoms in total. The molecule has 0 atom stereocenters. The van der Waals surface area contributed by atoms with Gasteiger partial charge in [0.1, 0.15) is 11.4 Å². The molecule has 0 aliphatic rings. The number of hydrogen-bond donors (Lipinski definition) is 0. The number of carbonyl (C=O) groups excluding carboxylic acids is 1. The van der Waals surface area contributed by atoms with Gasteiger partial charge in [-0.3, -0.25) is 9.78 Å². The Hall–Kier alpha value is -1.55. The van der Waals surface area contributed by atoms with Gasteiger partial charge in [-0.2, -0.15) is 0 Å². The first-order valence-electron chi connectivity index (χ1n) is 4.56. The summed E-state index contributed by atoms with van der Waals surface area (Å²) in [4.78, 5) is 20.1. The second-order valence-electron chi connectivity index (χ2n) is 3.30. The first-order valence-corrected chi connectivity index (χ1v) is 5.44. The van der Waals surface area contributed by atoms with Gasteiger partial charge in [-0.1, -0.05) is 0 Å². The number of ketones is 1. The summed E-state index contributed by atoms with van der Waals surface area (Å²) in [6.45, 7) is 3.82. The molecule has 0 saturated carbocycles. The van der Waals surface area contributed by atoms with Gasteiger partial charge in [-0.25, -0.2) is 4.98 Å². The summed E-state index contributed by atoms with van der Waals surface area (Å²) < 4.78 is 0. The molecule has 2 rings (SSSR count). The van der Waals surface area contributed by atoms with Gasteiger partial charge < -0.3 is 0 Å². The second-order valence-corrected chi connectivity index (χ2v) is 4.36. The van der Waals surface area contributed by atoms with Crippen molar-refractivity contribution in [2.45, 2.75) is 13.8 Å². The van der Waals surface area contributed by atoms with Crippen molar-refractivity contribution >= 4 is 17.1 Å². The molecule has 0 unspecified atom stereocenters. The summed E-state index contributed by atoms with van der Waals surface area (Å²) in [6, 6.07) is 3.64. The second kappa shape index (κ2) is 3.90. The Balaban J connectivity index is 2.36. The van der Waals surface area contributed by atoms with Gasteiger partial charge in [-0.05, 0) is 31.5 Å². The van der Waals surface area contributed by atoms with E-state index in [-0.39, 0.29) is 5.78 Å². The quantitative estimate of drug-likeness (QED) is 0.727. The van der Waals surface area contributed by atoms with Crippen molar-refractivity contribution < 1.29 is 4.79 Å². The molecule has 0 amide bonds. The van der Waals surface area contributed by atoms with Crippen molar-refractivity contribution in [3.63, 3.8) is 0 Å². The third kappa shape index (κ3) is 2.10. The minimum Gasteiger partial charge on any atom is -0.285 e. The van der Waals surface area contributed by atoms with Crippen LogP contribution in [-0.4, -0.2) is 15.8 Å². The van der Waals surface area contributed by atoms with Gasteiger partial charge in [0.2, 0.25) is 5.78 Å². The Kier molecular flexibility index (Phi) is 2.60. The number of carbonyl (C=O) groups is 1. The largest absolute Gasteiger partial charge is 0.285 e. The van der Waals surface area contributed by atoms with Crippen molar-refractivity contribution in [2.75, 3.05) is 0 Å². The van der Waals surface area contributed by atoms with Crippen LogP contribution in [0.2, 0.25) is 0 Å². The molecular formula is C11H10N2OS. The predicted molar refractivity (Wildman–Crippen MR) is 59.3 cm³/mol. The molecule has 0 radical (unpaired) electrons. The van der Waals surface area contributed by atoms with Crippen molar-refractivity contribution in [2.24, 2.45) is 0 Å². The topological polar surface area (TPSA) is 42.9 Å². The van der Waals surface area contributed by atoms with Crippen LogP contribution in [0.3, 0.4) is 0 Å². The number of pyridine rings is 1. The summed E-state index contributed by atoms with van der Waals surface area (Å²) in [5.41, 5.74) is 1.97. The fourth-order valence-electron chi connectivity index (χ4n) is 1.26. The van der Waals surface area contributed by atoms with Crippen molar-refractivity contribution in [3.05, 3.63) is 45.7 Å². The lowest BCUT2D eigenvalue weighted by molar-refractivity contribution is 0.103. The first kappa shape index (κ1) is 9.98. The van der Waals surface area contributed by atoms with E-state index < -0.39 is 0 Å². The third-order valence-electron chi connectivity index (χ3n) is 2.00. The summed E-state index contributed by atoms with van der Waals surface area (Å²) in [5, 5.41) is 2.66. The Morgan fingerprint density at radius 2 is 2.13 bits per heavy atom. The third-order valence-corrected chi connectivity index (χ3v) is 2.77. The van der Waals surface area contributed by atoms with Crippen molar-refractivity contribution in [1.82, 2.24) is 9.97 Å². The lowest BCUT2D eigenvalue weighted by Crippen LogP contribution is -2.04. The molecule has 2 heterocycles. The maximum Gasteiger partial charge on any atom is 0.230 e. The smallest absolute Gasteiger partial charge is 0.230 e. The van der Waals surface area contributed by atoms with E-state index in [2.05, 4.69) is 9.97 Å². The number of aryl methyl sites for hydroxylation is 2. The van der Waals surface area contributed by atoms with E-state index in [1.807, 2.05) is 19.9 Å². The molecule has 0 N–H and O–H groups in total. The average molecular weight is 218 g/mol. The van der Waals surface area contributed by atoms with Crippen LogP contribution in [0.5, 0.6) is 0 Å². The number of aromatic nitrogens is 2. The van der Waals surface area contributed by atoms with Gasteiger partial charge in [0.05, 0.1) is 5.01 Å². The van der Waals surface area contributed by atoms with Gasteiger partial charge in [-0.15, -0.1) is 11.3 Å². The van der Waals surface area contributed by atoms with Crippen LogP contribution in [0.25, 0.3) is 0 Å². The van der Waals surface area contributed by atoms with E-state index in [0.29, 0.717) is 11.4 Å². The minimum atomic E-state index is -0.108. The van der Waals surface area contributed by atoms with Crippen LogP contribution in [-0.2, 0) is 0 Å². The van der Waals surface area contributed by atoms with E-state index in [1.54, 1.807) is 17.6 Å². The van der Waals surface area contributed by atoms with Crippen LogP contribution in [0.1, 0.15) is 26.8 Å². The lowest BCUT2D eigenvalue weighted by atomic mass is 10.1. The molecular weight excluding hydrogens is 208 g/mol. The van der Waals surface area contributed by atoms with E-state index in [9.17, 15) is 4.79 Å². The molecule has 0 bridgehead atoms. The number of nitrogens with zero attached hydrogens (tertiary/aromatic N) is 2. The predicted octanol–water partition coefficient (Wildman–Crippen LogP) is 2.39. The zero-order chi connectivity index (χ0) is 10.8. The highest BCUT2D eigenvalue weighted by atomic mass is 32.1. The zero-order valence-corrected chi connectivity index (χ0v) is 9.34. The average Bonchev–Trinajstić information content (AvgIpc) is 2.64. The zero-order valence-electron chi connectivity index (χ0n) is 8.52.